The number of anilines is 1. The summed E-state index contributed by atoms with van der Waals surface area (Å²) >= 11 is 1.46. The highest BCUT2D eigenvalue weighted by molar-refractivity contribution is 7.17. The number of thiophene rings is 1. The van der Waals surface area contributed by atoms with E-state index in [1.54, 1.807) is 6.92 Å². The van der Waals surface area contributed by atoms with Gasteiger partial charge in [0.25, 0.3) is 0 Å². The summed E-state index contributed by atoms with van der Waals surface area (Å²) in [6, 6.07) is 8.31. The highest BCUT2D eigenvalue weighted by Crippen LogP contribution is 2.39. The average molecular weight is 332 g/mol. The minimum Gasteiger partial charge on any atom is -0.462 e. The van der Waals surface area contributed by atoms with Crippen LogP contribution in [0.25, 0.3) is 11.1 Å². The maximum atomic E-state index is 12.4. The lowest BCUT2D eigenvalue weighted by atomic mass is 9.99. The molecular formula is C18H24N2O2S. The van der Waals surface area contributed by atoms with Crippen molar-refractivity contribution in [3.05, 3.63) is 40.3 Å². The summed E-state index contributed by atoms with van der Waals surface area (Å²) in [5, 5.41) is 0.523. The van der Waals surface area contributed by atoms with Gasteiger partial charge >= 0.3 is 5.97 Å². The maximum Gasteiger partial charge on any atom is 0.341 e. The molecule has 0 unspecified atom stereocenters. The van der Waals surface area contributed by atoms with Crippen LogP contribution in [0, 0.1) is 0 Å². The Morgan fingerprint density at radius 1 is 1.22 bits per heavy atom. The highest BCUT2D eigenvalue weighted by atomic mass is 32.1. The smallest absolute Gasteiger partial charge is 0.341 e. The van der Waals surface area contributed by atoms with Gasteiger partial charge in [0.2, 0.25) is 0 Å². The van der Waals surface area contributed by atoms with Gasteiger partial charge in [-0.25, -0.2) is 4.79 Å². The fraction of sp³-hybridized carbons (Fsp3) is 0.389. The molecule has 0 aliphatic heterocycles. The van der Waals surface area contributed by atoms with Gasteiger partial charge in [-0.2, -0.15) is 0 Å². The number of carbonyl (C=O) groups is 1. The van der Waals surface area contributed by atoms with Gasteiger partial charge in [-0.1, -0.05) is 31.2 Å². The summed E-state index contributed by atoms with van der Waals surface area (Å²) in [4.78, 5) is 15.5. The number of rotatable bonds is 6. The van der Waals surface area contributed by atoms with Crippen LogP contribution in [0.4, 0.5) is 5.00 Å². The Hall–Kier alpha value is -1.85. The van der Waals surface area contributed by atoms with Crippen molar-refractivity contribution in [2.45, 2.75) is 26.8 Å². The first-order valence-electron chi connectivity index (χ1n) is 7.80. The van der Waals surface area contributed by atoms with E-state index >= 15 is 0 Å². The first-order valence-corrected chi connectivity index (χ1v) is 8.61. The lowest BCUT2D eigenvalue weighted by molar-refractivity contribution is 0.0529. The van der Waals surface area contributed by atoms with E-state index in [-0.39, 0.29) is 5.97 Å². The number of nitrogens with zero attached hydrogens (tertiary/aromatic N) is 1. The third kappa shape index (κ3) is 3.92. The molecule has 1 aromatic carbocycles. The minimum atomic E-state index is -0.346. The fourth-order valence-electron chi connectivity index (χ4n) is 2.51. The van der Waals surface area contributed by atoms with Crippen LogP contribution in [-0.2, 0) is 17.7 Å². The molecule has 0 aliphatic rings. The Bertz CT molecular complexity index is 675. The molecule has 0 atom stereocenters. The lowest BCUT2D eigenvalue weighted by Gasteiger charge is -2.12. The van der Waals surface area contributed by atoms with Crippen molar-refractivity contribution in [3.63, 3.8) is 0 Å². The van der Waals surface area contributed by atoms with Gasteiger partial charge < -0.3 is 15.4 Å². The quantitative estimate of drug-likeness (QED) is 0.818. The van der Waals surface area contributed by atoms with Gasteiger partial charge in [-0.05, 0) is 38.6 Å². The predicted octanol–water partition coefficient (Wildman–Crippen LogP) is 3.80. The molecule has 23 heavy (non-hydrogen) atoms. The number of benzene rings is 1. The number of carbonyl (C=O) groups excluding carboxylic acids is 1. The number of ether oxygens (including phenoxy) is 1. The summed E-state index contributed by atoms with van der Waals surface area (Å²) in [6.07, 6.45) is 0.987. The van der Waals surface area contributed by atoms with E-state index in [0.717, 1.165) is 29.0 Å². The standard InChI is InChI=1S/C18H24N2O2S/c1-5-12-7-9-13(10-8-12)15-14(11-20(3)4)23-17(19)16(15)18(21)22-6-2/h7-10H,5-6,11,19H2,1-4H3. The van der Waals surface area contributed by atoms with Crippen molar-refractivity contribution in [2.75, 3.05) is 26.4 Å². The van der Waals surface area contributed by atoms with Crippen molar-refractivity contribution in [1.29, 1.82) is 0 Å². The molecule has 0 spiro atoms. The van der Waals surface area contributed by atoms with Crippen LogP contribution in [0.3, 0.4) is 0 Å². The van der Waals surface area contributed by atoms with Gasteiger partial charge in [-0.15, -0.1) is 11.3 Å². The number of nitrogens with two attached hydrogens (primary N) is 1. The second-order valence-corrected chi connectivity index (χ2v) is 6.78. The van der Waals surface area contributed by atoms with Crippen LogP contribution in [-0.4, -0.2) is 31.6 Å². The molecule has 2 rings (SSSR count). The molecule has 0 aliphatic carbocycles. The number of nitrogen functional groups attached to an aromatic ring is 1. The third-order valence-electron chi connectivity index (χ3n) is 3.60. The van der Waals surface area contributed by atoms with Crippen LogP contribution in [0.2, 0.25) is 0 Å². The molecule has 1 aromatic heterocycles. The van der Waals surface area contributed by atoms with Gasteiger partial charge in [0.1, 0.15) is 10.6 Å². The van der Waals surface area contributed by atoms with E-state index in [1.807, 2.05) is 14.1 Å². The maximum absolute atomic E-state index is 12.4. The molecule has 0 bridgehead atoms. The van der Waals surface area contributed by atoms with Crippen molar-refractivity contribution >= 4 is 22.3 Å². The summed E-state index contributed by atoms with van der Waals surface area (Å²) in [7, 11) is 4.01. The molecule has 0 amide bonds. The molecule has 0 saturated carbocycles. The Kier molecular flexibility index (Phi) is 5.80. The summed E-state index contributed by atoms with van der Waals surface area (Å²) in [5.41, 5.74) is 9.82. The van der Waals surface area contributed by atoms with Gasteiger partial charge in [0.05, 0.1) is 6.61 Å². The molecule has 0 saturated heterocycles. The molecule has 124 valence electrons. The molecule has 0 fully saturated rings. The van der Waals surface area contributed by atoms with Crippen molar-refractivity contribution < 1.29 is 9.53 Å². The van der Waals surface area contributed by atoms with E-state index < -0.39 is 0 Å². The average Bonchev–Trinajstić information content (AvgIpc) is 2.83. The minimum absolute atomic E-state index is 0.339. The zero-order valence-electron chi connectivity index (χ0n) is 14.2. The van der Waals surface area contributed by atoms with E-state index in [0.29, 0.717) is 17.2 Å². The Labute approximate surface area is 141 Å². The summed E-state index contributed by atoms with van der Waals surface area (Å²) in [5.74, 6) is -0.346. The third-order valence-corrected chi connectivity index (χ3v) is 4.60. The largest absolute Gasteiger partial charge is 0.462 e. The summed E-state index contributed by atoms with van der Waals surface area (Å²) in [6.45, 7) is 5.00. The van der Waals surface area contributed by atoms with Crippen molar-refractivity contribution in [3.8, 4) is 11.1 Å². The van der Waals surface area contributed by atoms with Crippen LogP contribution < -0.4 is 5.73 Å². The SMILES string of the molecule is CCOC(=O)c1c(N)sc(CN(C)C)c1-c1ccc(CC)cc1. The van der Waals surface area contributed by atoms with Gasteiger partial charge in [0.15, 0.2) is 0 Å². The molecule has 5 heteroatoms. The van der Waals surface area contributed by atoms with E-state index in [9.17, 15) is 4.79 Å². The summed E-state index contributed by atoms with van der Waals surface area (Å²) < 4.78 is 5.21. The number of esters is 1. The molecule has 2 aromatic rings. The molecule has 2 N–H and O–H groups in total. The lowest BCUT2D eigenvalue weighted by Crippen LogP contribution is -2.11. The van der Waals surface area contributed by atoms with Gasteiger partial charge in [-0.3, -0.25) is 0 Å². The van der Waals surface area contributed by atoms with E-state index in [4.69, 9.17) is 10.5 Å². The normalized spacial score (nSPS) is 11.0. The topological polar surface area (TPSA) is 55.6 Å². The fourth-order valence-corrected chi connectivity index (χ4v) is 3.71. The van der Waals surface area contributed by atoms with E-state index in [1.165, 1.54) is 16.9 Å². The Morgan fingerprint density at radius 2 is 1.87 bits per heavy atom. The molecule has 4 nitrogen and oxygen atoms in total. The molecule has 0 radical (unpaired) electrons. The van der Waals surface area contributed by atoms with Crippen molar-refractivity contribution in [2.24, 2.45) is 0 Å². The first-order chi connectivity index (χ1) is 11.0. The second-order valence-electron chi connectivity index (χ2n) is 5.65. The monoisotopic (exact) mass is 332 g/mol. The number of aryl methyl sites for hydroxylation is 1. The first kappa shape index (κ1) is 17.5. The zero-order valence-corrected chi connectivity index (χ0v) is 15.0. The van der Waals surface area contributed by atoms with E-state index in [2.05, 4.69) is 36.1 Å². The predicted molar refractivity (Wildman–Crippen MR) is 96.9 cm³/mol. The Morgan fingerprint density at radius 3 is 2.39 bits per heavy atom. The number of hydrogen-bond acceptors (Lipinski definition) is 5. The number of hydrogen-bond donors (Lipinski definition) is 1. The molecular weight excluding hydrogens is 308 g/mol. The molecule has 1 heterocycles. The van der Waals surface area contributed by atoms with Crippen LogP contribution in [0.1, 0.15) is 34.6 Å². The van der Waals surface area contributed by atoms with Gasteiger partial charge in [0, 0.05) is 17.0 Å². The highest BCUT2D eigenvalue weighted by Gasteiger charge is 2.24. The Balaban J connectivity index is 2.57. The van der Waals surface area contributed by atoms with Crippen LogP contribution >= 0.6 is 11.3 Å². The van der Waals surface area contributed by atoms with Crippen molar-refractivity contribution in [1.82, 2.24) is 4.90 Å². The second kappa shape index (κ2) is 7.62. The zero-order chi connectivity index (χ0) is 17.0. The van der Waals surface area contributed by atoms with Crippen LogP contribution in [0.5, 0.6) is 0 Å². The van der Waals surface area contributed by atoms with Crippen LogP contribution in [0.15, 0.2) is 24.3 Å².